The Morgan fingerprint density at radius 2 is 1.21 bits per heavy atom. The molecule has 2 amide bonds. The van der Waals surface area contributed by atoms with Crippen molar-refractivity contribution in [1.29, 1.82) is 0 Å². The van der Waals surface area contributed by atoms with Crippen LogP contribution in [0.15, 0.2) is 84.9 Å². The molecule has 0 fully saturated rings. The van der Waals surface area contributed by atoms with Crippen molar-refractivity contribution in [3.05, 3.63) is 96.1 Å². The molecular weight excluding hydrogens is 348 g/mol. The average molecular weight is 372 g/mol. The summed E-state index contributed by atoms with van der Waals surface area (Å²) in [5.74, 6) is -0.150. The van der Waals surface area contributed by atoms with Crippen LogP contribution in [0.3, 0.4) is 0 Å². The number of amides is 2. The number of aryl methyl sites for hydroxylation is 1. The van der Waals surface area contributed by atoms with Gasteiger partial charge in [0.15, 0.2) is 0 Å². The number of hydrogen-bond acceptors (Lipinski definition) is 2. The molecule has 0 atom stereocenters. The largest absolute Gasteiger partial charge is 0.354 e. The molecular formula is C24H24N2O2. The highest BCUT2D eigenvalue weighted by Crippen LogP contribution is 2.19. The van der Waals surface area contributed by atoms with Gasteiger partial charge in [-0.3, -0.25) is 9.59 Å². The maximum atomic E-state index is 12.2. The molecule has 0 saturated heterocycles. The van der Waals surface area contributed by atoms with Crippen LogP contribution in [0, 0.1) is 0 Å². The zero-order valence-electron chi connectivity index (χ0n) is 15.7. The summed E-state index contributed by atoms with van der Waals surface area (Å²) >= 11 is 0. The van der Waals surface area contributed by atoms with E-state index in [1.165, 1.54) is 0 Å². The van der Waals surface area contributed by atoms with Gasteiger partial charge in [0.2, 0.25) is 5.91 Å². The lowest BCUT2D eigenvalue weighted by molar-refractivity contribution is -0.121. The van der Waals surface area contributed by atoms with Crippen LogP contribution in [-0.2, 0) is 11.2 Å². The van der Waals surface area contributed by atoms with Gasteiger partial charge in [-0.25, -0.2) is 0 Å². The van der Waals surface area contributed by atoms with Crippen molar-refractivity contribution in [2.75, 3.05) is 13.1 Å². The van der Waals surface area contributed by atoms with Crippen molar-refractivity contribution in [2.45, 2.75) is 12.8 Å². The summed E-state index contributed by atoms with van der Waals surface area (Å²) in [6, 6.07) is 27.5. The third-order valence-corrected chi connectivity index (χ3v) is 4.47. The zero-order chi connectivity index (χ0) is 19.6. The highest BCUT2D eigenvalue weighted by Gasteiger charge is 2.06. The maximum absolute atomic E-state index is 12.2. The Kier molecular flexibility index (Phi) is 6.96. The number of carbonyl (C=O) groups excluding carboxylic acids is 2. The second-order valence-corrected chi connectivity index (χ2v) is 6.53. The average Bonchev–Trinajstić information content (AvgIpc) is 2.76. The van der Waals surface area contributed by atoms with E-state index in [9.17, 15) is 9.59 Å². The van der Waals surface area contributed by atoms with Crippen LogP contribution >= 0.6 is 0 Å². The van der Waals surface area contributed by atoms with Crippen molar-refractivity contribution in [1.82, 2.24) is 10.6 Å². The molecule has 0 saturated carbocycles. The van der Waals surface area contributed by atoms with E-state index in [-0.39, 0.29) is 11.8 Å². The van der Waals surface area contributed by atoms with Gasteiger partial charge in [0.25, 0.3) is 5.91 Å². The molecule has 4 nitrogen and oxygen atoms in total. The monoisotopic (exact) mass is 372 g/mol. The molecule has 28 heavy (non-hydrogen) atoms. The second-order valence-electron chi connectivity index (χ2n) is 6.53. The van der Waals surface area contributed by atoms with Gasteiger partial charge in [0, 0.05) is 25.1 Å². The lowest BCUT2D eigenvalue weighted by atomic mass is 10.0. The predicted molar refractivity (Wildman–Crippen MR) is 112 cm³/mol. The van der Waals surface area contributed by atoms with E-state index in [0.717, 1.165) is 16.7 Å². The van der Waals surface area contributed by atoms with Crippen LogP contribution in [0.1, 0.15) is 22.3 Å². The molecule has 142 valence electrons. The molecule has 0 spiro atoms. The first kappa shape index (κ1) is 19.4. The van der Waals surface area contributed by atoms with Crippen LogP contribution in [0.4, 0.5) is 0 Å². The third kappa shape index (κ3) is 5.81. The summed E-state index contributed by atoms with van der Waals surface area (Å²) < 4.78 is 0. The normalized spacial score (nSPS) is 10.3. The Balaban J connectivity index is 1.38. The fourth-order valence-electron chi connectivity index (χ4n) is 2.92. The highest BCUT2D eigenvalue weighted by atomic mass is 16.2. The predicted octanol–water partition coefficient (Wildman–Crippen LogP) is 3.83. The number of nitrogens with one attached hydrogen (secondary N) is 2. The highest BCUT2D eigenvalue weighted by molar-refractivity contribution is 5.94. The second kappa shape index (κ2) is 10.1. The van der Waals surface area contributed by atoms with E-state index in [1.54, 1.807) is 0 Å². The van der Waals surface area contributed by atoms with Gasteiger partial charge in [-0.15, -0.1) is 0 Å². The number of hydrogen-bond donors (Lipinski definition) is 2. The van der Waals surface area contributed by atoms with Gasteiger partial charge in [-0.1, -0.05) is 72.8 Å². The van der Waals surface area contributed by atoms with E-state index < -0.39 is 0 Å². The fraction of sp³-hybridized carbons (Fsp3) is 0.167. The minimum atomic E-state index is -0.141. The topological polar surface area (TPSA) is 58.2 Å². The van der Waals surface area contributed by atoms with Crippen molar-refractivity contribution in [3.63, 3.8) is 0 Å². The summed E-state index contributed by atoms with van der Waals surface area (Å²) in [6.45, 7) is 0.817. The van der Waals surface area contributed by atoms with Gasteiger partial charge >= 0.3 is 0 Å². The molecule has 2 N–H and O–H groups in total. The number of rotatable bonds is 8. The van der Waals surface area contributed by atoms with Crippen LogP contribution in [0.5, 0.6) is 0 Å². The molecule has 0 aromatic heterocycles. The summed E-state index contributed by atoms with van der Waals surface area (Å²) in [5.41, 5.74) is 3.94. The minimum Gasteiger partial charge on any atom is -0.354 e. The lowest BCUT2D eigenvalue weighted by Crippen LogP contribution is -2.34. The van der Waals surface area contributed by atoms with E-state index in [1.807, 2.05) is 84.9 Å². The van der Waals surface area contributed by atoms with Crippen molar-refractivity contribution in [3.8, 4) is 11.1 Å². The molecule has 0 heterocycles. The molecule has 0 aliphatic carbocycles. The fourth-order valence-corrected chi connectivity index (χ4v) is 2.92. The number of benzene rings is 3. The Morgan fingerprint density at radius 1 is 0.643 bits per heavy atom. The standard InChI is InChI=1S/C24H24N2O2/c27-23(16-11-19-7-3-1-4-8-19)25-17-18-26-24(28)22-14-12-21(13-15-22)20-9-5-2-6-10-20/h1-10,12-15H,11,16-18H2,(H,25,27)(H,26,28). The van der Waals surface area contributed by atoms with Gasteiger partial charge in [0.05, 0.1) is 0 Å². The first-order chi connectivity index (χ1) is 13.7. The first-order valence-corrected chi connectivity index (χ1v) is 9.47. The van der Waals surface area contributed by atoms with Gasteiger partial charge in [-0.05, 0) is 35.2 Å². The molecule has 0 radical (unpaired) electrons. The zero-order valence-corrected chi connectivity index (χ0v) is 15.7. The SMILES string of the molecule is O=C(CCc1ccccc1)NCCNC(=O)c1ccc(-c2ccccc2)cc1. The number of carbonyl (C=O) groups is 2. The minimum absolute atomic E-state index is 0.00897. The Bertz CT molecular complexity index is 891. The third-order valence-electron chi connectivity index (χ3n) is 4.47. The van der Waals surface area contributed by atoms with E-state index in [2.05, 4.69) is 10.6 Å². The quantitative estimate of drug-likeness (QED) is 0.591. The summed E-state index contributed by atoms with van der Waals surface area (Å²) in [4.78, 5) is 24.1. The summed E-state index contributed by atoms with van der Waals surface area (Å²) in [6.07, 6.45) is 1.16. The maximum Gasteiger partial charge on any atom is 0.251 e. The summed E-state index contributed by atoms with van der Waals surface area (Å²) in [5, 5.41) is 5.67. The van der Waals surface area contributed by atoms with Gasteiger partial charge < -0.3 is 10.6 Å². The van der Waals surface area contributed by atoms with Crippen molar-refractivity contribution < 1.29 is 9.59 Å². The summed E-state index contributed by atoms with van der Waals surface area (Å²) in [7, 11) is 0. The van der Waals surface area contributed by atoms with E-state index in [0.29, 0.717) is 31.5 Å². The molecule has 3 aromatic rings. The molecule has 4 heteroatoms. The van der Waals surface area contributed by atoms with Crippen molar-refractivity contribution >= 4 is 11.8 Å². The van der Waals surface area contributed by atoms with Crippen LogP contribution in [0.25, 0.3) is 11.1 Å². The Morgan fingerprint density at radius 3 is 1.89 bits per heavy atom. The molecule has 0 aliphatic heterocycles. The smallest absolute Gasteiger partial charge is 0.251 e. The van der Waals surface area contributed by atoms with Crippen LogP contribution in [-0.4, -0.2) is 24.9 Å². The molecule has 0 unspecified atom stereocenters. The molecule has 0 bridgehead atoms. The molecule has 3 rings (SSSR count). The van der Waals surface area contributed by atoms with Crippen molar-refractivity contribution in [2.24, 2.45) is 0 Å². The van der Waals surface area contributed by atoms with Crippen LogP contribution < -0.4 is 10.6 Å². The van der Waals surface area contributed by atoms with E-state index in [4.69, 9.17) is 0 Å². The van der Waals surface area contributed by atoms with E-state index >= 15 is 0 Å². The Hall–Kier alpha value is -3.40. The molecule has 3 aromatic carbocycles. The van der Waals surface area contributed by atoms with Crippen LogP contribution in [0.2, 0.25) is 0 Å². The van der Waals surface area contributed by atoms with Gasteiger partial charge in [0.1, 0.15) is 0 Å². The first-order valence-electron chi connectivity index (χ1n) is 9.47. The lowest BCUT2D eigenvalue weighted by Gasteiger charge is -2.08. The Labute approximate surface area is 165 Å². The van der Waals surface area contributed by atoms with Gasteiger partial charge in [-0.2, -0.15) is 0 Å². The molecule has 0 aliphatic rings.